The number of halogens is 1. The molecule has 3 N–H and O–H groups in total. The molecule has 0 radical (unpaired) electrons. The van der Waals surface area contributed by atoms with E-state index in [-0.39, 0.29) is 11.4 Å². The molecule has 0 unspecified atom stereocenters. The van der Waals surface area contributed by atoms with E-state index in [0.717, 1.165) is 6.07 Å². The molecule has 0 bridgehead atoms. The number of amides is 1. The van der Waals surface area contributed by atoms with Crippen molar-refractivity contribution in [3.63, 3.8) is 0 Å². The van der Waals surface area contributed by atoms with Gasteiger partial charge in [0.1, 0.15) is 5.82 Å². The number of benzene rings is 2. The van der Waals surface area contributed by atoms with Crippen molar-refractivity contribution < 1.29 is 9.18 Å². The minimum atomic E-state index is -0.490. The highest BCUT2D eigenvalue weighted by Gasteiger charge is 2.09. The number of carbonyl (C=O) groups is 1. The topological polar surface area (TPSA) is 78.9 Å². The molecule has 94 valence electrons. The first-order valence-corrected chi connectivity index (χ1v) is 5.46. The summed E-state index contributed by atoms with van der Waals surface area (Å²) in [7, 11) is 0. The Balaban J connectivity index is 2.26. The average molecular weight is 255 g/mol. The van der Waals surface area contributed by atoms with Crippen LogP contribution in [0.15, 0.2) is 42.5 Å². The first-order chi connectivity index (χ1) is 9.10. The molecule has 0 saturated heterocycles. The van der Waals surface area contributed by atoms with Gasteiger partial charge in [-0.25, -0.2) is 4.39 Å². The predicted octanol–water partition coefficient (Wildman–Crippen LogP) is 2.53. The first-order valence-electron chi connectivity index (χ1n) is 5.46. The second-order valence-corrected chi connectivity index (χ2v) is 3.88. The maximum absolute atomic E-state index is 13.1. The number of nitrogens with zero attached hydrogens (tertiary/aromatic N) is 1. The minimum absolute atomic E-state index is 0.201. The summed E-state index contributed by atoms with van der Waals surface area (Å²) >= 11 is 0. The molecule has 0 atom stereocenters. The van der Waals surface area contributed by atoms with Gasteiger partial charge in [0.25, 0.3) is 5.91 Å². The van der Waals surface area contributed by atoms with Crippen LogP contribution in [-0.2, 0) is 0 Å². The van der Waals surface area contributed by atoms with Gasteiger partial charge in [-0.3, -0.25) is 4.79 Å². The molecule has 0 spiro atoms. The van der Waals surface area contributed by atoms with Crippen LogP contribution in [0, 0.1) is 17.1 Å². The van der Waals surface area contributed by atoms with Crippen molar-refractivity contribution in [2.45, 2.75) is 0 Å². The summed E-state index contributed by atoms with van der Waals surface area (Å²) in [5.41, 5.74) is 6.79. The summed E-state index contributed by atoms with van der Waals surface area (Å²) in [5, 5.41) is 11.3. The van der Waals surface area contributed by atoms with Crippen molar-refractivity contribution in [2.24, 2.45) is 0 Å². The number of nitrogen functional groups attached to an aromatic ring is 1. The number of carbonyl (C=O) groups excluding carboxylic acids is 1. The fourth-order valence-corrected chi connectivity index (χ4v) is 1.56. The van der Waals surface area contributed by atoms with Crippen molar-refractivity contribution in [1.82, 2.24) is 0 Å². The molecule has 2 aromatic rings. The van der Waals surface area contributed by atoms with E-state index in [9.17, 15) is 9.18 Å². The van der Waals surface area contributed by atoms with Crippen molar-refractivity contribution in [1.29, 1.82) is 5.26 Å². The van der Waals surface area contributed by atoms with Gasteiger partial charge < -0.3 is 11.1 Å². The number of nitrogens with two attached hydrogens (primary N) is 1. The number of nitrogens with one attached hydrogen (secondary N) is 1. The molecule has 5 heteroatoms. The Morgan fingerprint density at radius 2 is 2.05 bits per heavy atom. The number of anilines is 2. The fourth-order valence-electron chi connectivity index (χ4n) is 1.56. The quantitative estimate of drug-likeness (QED) is 0.809. The number of hydrogen-bond acceptors (Lipinski definition) is 3. The zero-order valence-corrected chi connectivity index (χ0v) is 9.85. The lowest BCUT2D eigenvalue weighted by atomic mass is 10.1. The van der Waals surface area contributed by atoms with E-state index in [1.54, 1.807) is 18.2 Å². The monoisotopic (exact) mass is 255 g/mol. The number of nitriles is 1. The molecular weight excluding hydrogens is 245 g/mol. The van der Waals surface area contributed by atoms with Gasteiger partial charge in [0.2, 0.25) is 0 Å². The van der Waals surface area contributed by atoms with E-state index in [0.29, 0.717) is 11.1 Å². The van der Waals surface area contributed by atoms with Gasteiger partial charge in [0.05, 0.1) is 23.0 Å². The predicted molar refractivity (Wildman–Crippen MR) is 69.9 cm³/mol. The van der Waals surface area contributed by atoms with Crippen molar-refractivity contribution >= 4 is 17.3 Å². The van der Waals surface area contributed by atoms with E-state index >= 15 is 0 Å². The molecule has 19 heavy (non-hydrogen) atoms. The lowest BCUT2D eigenvalue weighted by Gasteiger charge is -2.08. The Labute approximate surface area is 109 Å². The maximum atomic E-state index is 13.1. The van der Waals surface area contributed by atoms with E-state index in [2.05, 4.69) is 5.32 Å². The molecule has 2 rings (SSSR count). The first kappa shape index (κ1) is 12.6. The van der Waals surface area contributed by atoms with Gasteiger partial charge in [0, 0.05) is 5.56 Å². The van der Waals surface area contributed by atoms with E-state index in [1.807, 2.05) is 6.07 Å². The molecule has 4 nitrogen and oxygen atoms in total. The molecule has 0 fully saturated rings. The summed E-state index contributed by atoms with van der Waals surface area (Å²) in [6.07, 6.45) is 0. The van der Waals surface area contributed by atoms with Crippen LogP contribution in [0.1, 0.15) is 15.9 Å². The van der Waals surface area contributed by atoms with Crippen LogP contribution in [0.4, 0.5) is 15.8 Å². The second kappa shape index (κ2) is 5.19. The molecule has 2 aromatic carbocycles. The van der Waals surface area contributed by atoms with Gasteiger partial charge in [-0.05, 0) is 36.4 Å². The van der Waals surface area contributed by atoms with Crippen molar-refractivity contribution in [3.05, 3.63) is 59.4 Å². The molecule has 0 aromatic heterocycles. The standard InChI is InChI=1S/C14H10FN3O/c15-11-4-5-12(17)13(7-11)18-14(19)10-3-1-2-9(6-10)8-16/h1-7H,17H2,(H,18,19). The molecule has 0 heterocycles. The highest BCUT2D eigenvalue weighted by molar-refractivity contribution is 6.05. The van der Waals surface area contributed by atoms with Gasteiger partial charge >= 0.3 is 0 Å². The molecular formula is C14H10FN3O. The SMILES string of the molecule is N#Cc1cccc(C(=O)Nc2cc(F)ccc2N)c1. The third-order valence-corrected chi connectivity index (χ3v) is 2.52. The summed E-state index contributed by atoms with van der Waals surface area (Å²) in [5.74, 6) is -0.940. The van der Waals surface area contributed by atoms with Crippen LogP contribution in [-0.4, -0.2) is 5.91 Å². The Hall–Kier alpha value is -2.87. The largest absolute Gasteiger partial charge is 0.397 e. The van der Waals surface area contributed by atoms with Crippen LogP contribution < -0.4 is 11.1 Å². The molecule has 0 aliphatic heterocycles. The third kappa shape index (κ3) is 2.87. The number of hydrogen-bond donors (Lipinski definition) is 2. The summed E-state index contributed by atoms with van der Waals surface area (Å²) in [4.78, 5) is 11.9. The van der Waals surface area contributed by atoms with E-state index in [4.69, 9.17) is 11.0 Å². The lowest BCUT2D eigenvalue weighted by molar-refractivity contribution is 0.102. The Morgan fingerprint density at radius 3 is 2.79 bits per heavy atom. The molecule has 1 amide bonds. The third-order valence-electron chi connectivity index (χ3n) is 2.52. The molecule has 0 saturated carbocycles. The minimum Gasteiger partial charge on any atom is -0.397 e. The van der Waals surface area contributed by atoms with Crippen LogP contribution in [0.25, 0.3) is 0 Å². The highest BCUT2D eigenvalue weighted by atomic mass is 19.1. The maximum Gasteiger partial charge on any atom is 0.255 e. The Bertz CT molecular complexity index is 677. The number of rotatable bonds is 2. The summed E-state index contributed by atoms with van der Waals surface area (Å²) in [6.45, 7) is 0. The van der Waals surface area contributed by atoms with E-state index in [1.165, 1.54) is 18.2 Å². The smallest absolute Gasteiger partial charge is 0.255 e. The van der Waals surface area contributed by atoms with Crippen molar-refractivity contribution in [2.75, 3.05) is 11.1 Å². The van der Waals surface area contributed by atoms with Gasteiger partial charge in [-0.2, -0.15) is 5.26 Å². The average Bonchev–Trinajstić information content (AvgIpc) is 2.43. The molecule has 0 aliphatic rings. The normalized spacial score (nSPS) is 9.68. The molecule has 0 aliphatic carbocycles. The zero-order chi connectivity index (χ0) is 13.8. The van der Waals surface area contributed by atoms with Crippen LogP contribution in [0.2, 0.25) is 0 Å². The second-order valence-electron chi connectivity index (χ2n) is 3.88. The summed E-state index contributed by atoms with van der Waals surface area (Å²) < 4.78 is 13.1. The zero-order valence-electron chi connectivity index (χ0n) is 9.85. The highest BCUT2D eigenvalue weighted by Crippen LogP contribution is 2.20. The van der Waals surface area contributed by atoms with Crippen LogP contribution >= 0.6 is 0 Å². The Kier molecular flexibility index (Phi) is 3.44. The summed E-state index contributed by atoms with van der Waals surface area (Å²) in [6, 6.07) is 11.9. The Morgan fingerprint density at radius 1 is 1.26 bits per heavy atom. The van der Waals surface area contributed by atoms with Crippen LogP contribution in [0.5, 0.6) is 0 Å². The fraction of sp³-hybridized carbons (Fsp3) is 0. The lowest BCUT2D eigenvalue weighted by Crippen LogP contribution is -2.13. The van der Waals surface area contributed by atoms with E-state index < -0.39 is 11.7 Å². The van der Waals surface area contributed by atoms with Gasteiger partial charge in [-0.1, -0.05) is 6.07 Å². The van der Waals surface area contributed by atoms with Gasteiger partial charge in [0.15, 0.2) is 0 Å². The van der Waals surface area contributed by atoms with Crippen LogP contribution in [0.3, 0.4) is 0 Å². The van der Waals surface area contributed by atoms with Crippen molar-refractivity contribution in [3.8, 4) is 6.07 Å². The van der Waals surface area contributed by atoms with Gasteiger partial charge in [-0.15, -0.1) is 0 Å².